The van der Waals surface area contributed by atoms with Crippen molar-refractivity contribution in [2.75, 3.05) is 12.4 Å². The predicted molar refractivity (Wildman–Crippen MR) is 65.6 cm³/mol. The van der Waals surface area contributed by atoms with Gasteiger partial charge in [0.25, 0.3) is 0 Å². The van der Waals surface area contributed by atoms with E-state index in [0.717, 1.165) is 5.69 Å². The maximum atomic E-state index is 11.5. The van der Waals surface area contributed by atoms with Gasteiger partial charge in [-0.05, 0) is 51.0 Å². The smallest absolute Gasteiger partial charge is 0.330 e. The quantitative estimate of drug-likeness (QED) is 0.797. The first-order valence-corrected chi connectivity index (χ1v) is 5.30. The van der Waals surface area contributed by atoms with E-state index in [0.29, 0.717) is 0 Å². The van der Waals surface area contributed by atoms with Gasteiger partial charge in [0.05, 0.1) is 7.11 Å². The zero-order valence-corrected chi connectivity index (χ0v) is 10.5. The third kappa shape index (κ3) is 2.99. The lowest BCUT2D eigenvalue weighted by Crippen LogP contribution is -2.41. The monoisotopic (exact) mass is 221 g/mol. The molecule has 0 fully saturated rings. The second kappa shape index (κ2) is 4.56. The average Bonchev–Trinajstić information content (AvgIpc) is 2.13. The van der Waals surface area contributed by atoms with Crippen molar-refractivity contribution in [3.05, 3.63) is 29.3 Å². The van der Waals surface area contributed by atoms with Crippen LogP contribution in [-0.2, 0) is 9.53 Å². The van der Waals surface area contributed by atoms with Gasteiger partial charge in [-0.3, -0.25) is 0 Å². The zero-order valence-electron chi connectivity index (χ0n) is 10.5. The molecule has 0 aliphatic rings. The second-order valence-electron chi connectivity index (χ2n) is 4.62. The van der Waals surface area contributed by atoms with Crippen LogP contribution in [0.1, 0.15) is 25.0 Å². The van der Waals surface area contributed by atoms with Gasteiger partial charge in [-0.1, -0.05) is 6.07 Å². The summed E-state index contributed by atoms with van der Waals surface area (Å²) in [5.41, 5.74) is 2.56. The summed E-state index contributed by atoms with van der Waals surface area (Å²) >= 11 is 0. The van der Waals surface area contributed by atoms with Gasteiger partial charge in [0.15, 0.2) is 0 Å². The number of carbonyl (C=O) groups is 1. The SMILES string of the molecule is COC(=O)C(C)(C)Nc1cc(C)cc(C)c1. The fraction of sp³-hybridized carbons (Fsp3) is 0.462. The maximum Gasteiger partial charge on any atom is 0.330 e. The fourth-order valence-electron chi connectivity index (χ4n) is 1.71. The Labute approximate surface area is 96.8 Å². The van der Waals surface area contributed by atoms with Crippen LogP contribution in [0.3, 0.4) is 0 Å². The van der Waals surface area contributed by atoms with Crippen molar-refractivity contribution in [3.8, 4) is 0 Å². The van der Waals surface area contributed by atoms with Crippen molar-refractivity contribution in [1.82, 2.24) is 0 Å². The van der Waals surface area contributed by atoms with E-state index in [-0.39, 0.29) is 5.97 Å². The number of anilines is 1. The number of methoxy groups -OCH3 is 1. The molecule has 88 valence electrons. The molecule has 0 spiro atoms. The fourth-order valence-corrected chi connectivity index (χ4v) is 1.71. The molecule has 0 radical (unpaired) electrons. The molecule has 16 heavy (non-hydrogen) atoms. The minimum Gasteiger partial charge on any atom is -0.467 e. The zero-order chi connectivity index (χ0) is 12.3. The van der Waals surface area contributed by atoms with Gasteiger partial charge >= 0.3 is 5.97 Å². The highest BCUT2D eigenvalue weighted by Crippen LogP contribution is 2.19. The second-order valence-corrected chi connectivity index (χ2v) is 4.62. The van der Waals surface area contributed by atoms with Crippen molar-refractivity contribution in [1.29, 1.82) is 0 Å². The summed E-state index contributed by atoms with van der Waals surface area (Å²) in [6.07, 6.45) is 0. The Morgan fingerprint density at radius 3 is 2.12 bits per heavy atom. The van der Waals surface area contributed by atoms with Gasteiger partial charge in [-0.2, -0.15) is 0 Å². The van der Waals surface area contributed by atoms with Gasteiger partial charge in [0.1, 0.15) is 5.54 Å². The van der Waals surface area contributed by atoms with Gasteiger partial charge in [-0.15, -0.1) is 0 Å². The van der Waals surface area contributed by atoms with Crippen LogP contribution in [-0.4, -0.2) is 18.6 Å². The van der Waals surface area contributed by atoms with E-state index in [1.165, 1.54) is 18.2 Å². The van der Waals surface area contributed by atoms with Crippen molar-refractivity contribution in [2.45, 2.75) is 33.2 Å². The van der Waals surface area contributed by atoms with Crippen LogP contribution in [0.5, 0.6) is 0 Å². The number of hydrogen-bond acceptors (Lipinski definition) is 3. The molecule has 0 heterocycles. The molecular formula is C13H19NO2. The molecule has 1 aromatic carbocycles. The number of aryl methyl sites for hydroxylation is 2. The van der Waals surface area contributed by atoms with Crippen molar-refractivity contribution in [3.63, 3.8) is 0 Å². The Kier molecular flexibility index (Phi) is 3.58. The van der Waals surface area contributed by atoms with E-state index < -0.39 is 5.54 Å². The van der Waals surface area contributed by atoms with Crippen molar-refractivity contribution in [2.24, 2.45) is 0 Å². The first-order valence-electron chi connectivity index (χ1n) is 5.30. The van der Waals surface area contributed by atoms with Gasteiger partial charge in [0.2, 0.25) is 0 Å². The molecule has 0 aliphatic heterocycles. The third-order valence-electron chi connectivity index (χ3n) is 2.37. The summed E-state index contributed by atoms with van der Waals surface area (Å²) in [7, 11) is 1.40. The van der Waals surface area contributed by atoms with E-state index >= 15 is 0 Å². The van der Waals surface area contributed by atoms with Crippen molar-refractivity contribution >= 4 is 11.7 Å². The summed E-state index contributed by atoms with van der Waals surface area (Å²) in [6.45, 7) is 7.67. The van der Waals surface area contributed by atoms with E-state index in [9.17, 15) is 4.79 Å². The number of hydrogen-bond donors (Lipinski definition) is 1. The standard InChI is InChI=1S/C13H19NO2/c1-9-6-10(2)8-11(7-9)14-13(3,4)12(15)16-5/h6-8,14H,1-5H3. The summed E-state index contributed by atoms with van der Waals surface area (Å²) in [5, 5.41) is 3.18. The molecular weight excluding hydrogens is 202 g/mol. The molecule has 0 saturated heterocycles. The van der Waals surface area contributed by atoms with Crippen LogP contribution in [0.2, 0.25) is 0 Å². The lowest BCUT2D eigenvalue weighted by molar-refractivity contribution is -0.144. The molecule has 1 aromatic rings. The first-order chi connectivity index (χ1) is 7.35. The molecule has 0 saturated carbocycles. The van der Waals surface area contributed by atoms with E-state index in [4.69, 9.17) is 4.74 Å². The molecule has 0 unspecified atom stereocenters. The Balaban J connectivity index is 2.91. The largest absolute Gasteiger partial charge is 0.467 e. The molecule has 1 N–H and O–H groups in total. The maximum absolute atomic E-state index is 11.5. The molecule has 1 rings (SSSR count). The van der Waals surface area contributed by atoms with Crippen LogP contribution in [0.4, 0.5) is 5.69 Å². The molecule has 3 nitrogen and oxygen atoms in total. The summed E-state index contributed by atoms with van der Waals surface area (Å²) in [6, 6.07) is 6.12. The normalized spacial score (nSPS) is 11.1. The van der Waals surface area contributed by atoms with Crippen LogP contribution in [0.25, 0.3) is 0 Å². The number of nitrogens with one attached hydrogen (secondary N) is 1. The minimum atomic E-state index is -0.713. The molecule has 3 heteroatoms. The lowest BCUT2D eigenvalue weighted by Gasteiger charge is -2.24. The van der Waals surface area contributed by atoms with Crippen molar-refractivity contribution < 1.29 is 9.53 Å². The summed E-state index contributed by atoms with van der Waals surface area (Å²) < 4.78 is 4.75. The molecule has 0 amide bonds. The molecule has 0 aromatic heterocycles. The molecule has 0 bridgehead atoms. The Bertz CT molecular complexity index is 377. The Morgan fingerprint density at radius 2 is 1.69 bits per heavy atom. The lowest BCUT2D eigenvalue weighted by atomic mass is 10.0. The predicted octanol–water partition coefficient (Wildman–Crippen LogP) is 2.67. The molecule has 0 aliphatic carbocycles. The Morgan fingerprint density at radius 1 is 1.19 bits per heavy atom. The van der Waals surface area contributed by atoms with Gasteiger partial charge in [0, 0.05) is 5.69 Å². The highest BCUT2D eigenvalue weighted by Gasteiger charge is 2.28. The number of carbonyl (C=O) groups excluding carboxylic acids is 1. The highest BCUT2D eigenvalue weighted by molar-refractivity contribution is 5.83. The highest BCUT2D eigenvalue weighted by atomic mass is 16.5. The van der Waals surface area contributed by atoms with Crippen LogP contribution in [0.15, 0.2) is 18.2 Å². The molecule has 0 atom stereocenters. The first kappa shape index (κ1) is 12.6. The average molecular weight is 221 g/mol. The third-order valence-corrected chi connectivity index (χ3v) is 2.37. The van der Waals surface area contributed by atoms with Gasteiger partial charge in [-0.25, -0.2) is 4.79 Å². The van der Waals surface area contributed by atoms with Crippen LogP contribution >= 0.6 is 0 Å². The van der Waals surface area contributed by atoms with Crippen LogP contribution in [0, 0.1) is 13.8 Å². The number of rotatable bonds is 3. The Hall–Kier alpha value is -1.51. The summed E-state index contributed by atoms with van der Waals surface area (Å²) in [5.74, 6) is -0.272. The van der Waals surface area contributed by atoms with E-state index in [2.05, 4.69) is 11.4 Å². The van der Waals surface area contributed by atoms with E-state index in [1.807, 2.05) is 26.0 Å². The number of esters is 1. The summed E-state index contributed by atoms with van der Waals surface area (Å²) in [4.78, 5) is 11.5. The van der Waals surface area contributed by atoms with Crippen LogP contribution < -0.4 is 5.32 Å². The number of benzene rings is 1. The topological polar surface area (TPSA) is 38.3 Å². The number of ether oxygens (including phenoxy) is 1. The van der Waals surface area contributed by atoms with E-state index in [1.54, 1.807) is 13.8 Å². The minimum absolute atomic E-state index is 0.272. The van der Waals surface area contributed by atoms with Gasteiger partial charge < -0.3 is 10.1 Å².